The van der Waals surface area contributed by atoms with Crippen LogP contribution in [0.1, 0.15) is 0 Å². The zero-order chi connectivity index (χ0) is 3.58. The topological polar surface area (TPSA) is 195 Å². The quantitative estimate of drug-likeness (QED) is 0.263. The molecule has 9 heavy (non-hydrogen) atoms. The normalized spacial score (nSPS) is 4.00. The Bertz CT molecular complexity index is 13.6. The molecular formula is H8AlO7P. The van der Waals surface area contributed by atoms with Crippen LogP contribution in [-0.2, 0) is 0 Å². The van der Waals surface area contributed by atoms with Crippen LogP contribution in [0.15, 0.2) is 0 Å². The van der Waals surface area contributed by atoms with Gasteiger partial charge in [-0.05, 0) is 0 Å². The van der Waals surface area contributed by atoms with Crippen molar-refractivity contribution in [2.75, 3.05) is 0 Å². The van der Waals surface area contributed by atoms with Crippen LogP contribution in [0.3, 0.4) is 0 Å². The van der Waals surface area contributed by atoms with Crippen LogP contribution in [0, 0.1) is 0 Å². The third-order valence-corrected chi connectivity index (χ3v) is 0. The van der Waals surface area contributed by atoms with Crippen LogP contribution in [0.2, 0.25) is 0 Å². The molecule has 0 saturated carbocycles. The third-order valence-electron chi connectivity index (χ3n) is 0. The van der Waals surface area contributed by atoms with Gasteiger partial charge in [-0.3, -0.25) is 0 Å². The van der Waals surface area contributed by atoms with Crippen molar-refractivity contribution in [1.82, 2.24) is 0 Å². The number of rotatable bonds is 0. The van der Waals surface area contributed by atoms with Gasteiger partial charge in [-0.25, -0.2) is 0 Å². The minimum Gasteiger partial charge on any atom is -0.854 e. The molecule has 0 radical (unpaired) electrons. The smallest absolute Gasteiger partial charge is 0.854 e. The van der Waals surface area contributed by atoms with Gasteiger partial charge in [0.05, 0.1) is 0 Å². The van der Waals surface area contributed by atoms with E-state index in [4.69, 9.17) is 14.7 Å². The summed E-state index contributed by atoms with van der Waals surface area (Å²) in [5.74, 6) is 0. The maximum atomic E-state index is 8.48. The van der Waals surface area contributed by atoms with Gasteiger partial charge in [0.25, 0.3) is 0 Å². The van der Waals surface area contributed by atoms with E-state index >= 15 is 0 Å². The molecule has 0 aromatic heterocycles. The zero-order valence-electron chi connectivity index (χ0n) is 4.25. The van der Waals surface area contributed by atoms with Crippen LogP contribution in [0.4, 0.5) is 0 Å². The van der Waals surface area contributed by atoms with Gasteiger partial charge < -0.3 is 45.2 Å². The molecule has 0 spiro atoms. The maximum absolute atomic E-state index is 8.48. The molecule has 0 fully saturated rings. The Hall–Kier alpha value is 0.682. The van der Waals surface area contributed by atoms with Crippen molar-refractivity contribution in [3.05, 3.63) is 0 Å². The van der Waals surface area contributed by atoms with E-state index in [1.807, 2.05) is 0 Å². The van der Waals surface area contributed by atoms with Gasteiger partial charge >= 0.3 is 17.4 Å². The second-order valence-corrected chi connectivity index (χ2v) is 0.671. The first kappa shape index (κ1) is 53.8. The van der Waals surface area contributed by atoms with E-state index in [9.17, 15) is 0 Å². The van der Waals surface area contributed by atoms with Crippen molar-refractivity contribution in [2.24, 2.45) is 0 Å². The Labute approximate surface area is 63.3 Å². The summed E-state index contributed by atoms with van der Waals surface area (Å²) in [6, 6.07) is 0. The number of hydrogen-bond donors (Lipinski definition) is 0. The summed E-state index contributed by atoms with van der Waals surface area (Å²) >= 11 is 0. The van der Waals surface area contributed by atoms with Crippen molar-refractivity contribution in [3.8, 4) is 0 Å². The second kappa shape index (κ2) is 37.8. The van der Waals surface area contributed by atoms with E-state index in [1.54, 1.807) is 0 Å². The van der Waals surface area contributed by atoms with Crippen molar-refractivity contribution in [1.29, 1.82) is 0 Å². The molecule has 7 nitrogen and oxygen atoms in total. The van der Waals surface area contributed by atoms with Gasteiger partial charge in [0.15, 0.2) is 0 Å². The van der Waals surface area contributed by atoms with E-state index in [0.29, 0.717) is 0 Å². The van der Waals surface area contributed by atoms with Crippen LogP contribution < -0.4 is 14.7 Å². The molecular weight excluding hydrogens is 170 g/mol. The molecule has 0 amide bonds. The van der Waals surface area contributed by atoms with E-state index in [-0.39, 0.29) is 39.3 Å². The Kier molecular flexibility index (Phi) is 226. The molecule has 0 bridgehead atoms. The molecule has 0 unspecified atom stereocenters. The molecule has 9 heteroatoms. The van der Waals surface area contributed by atoms with Gasteiger partial charge in [-0.15, -0.1) is 0 Å². The monoisotopic (exact) mass is 178 g/mol. The standard InChI is InChI=1S/Al.O3P.4H2O/c;1-4(2)3;;;;/h;;4*1H2/q+3;-3;;;;. The van der Waals surface area contributed by atoms with Crippen LogP contribution in [-0.4, -0.2) is 39.3 Å². The summed E-state index contributed by atoms with van der Waals surface area (Å²) in [5, 5.41) is 0. The fourth-order valence-corrected chi connectivity index (χ4v) is 0. The van der Waals surface area contributed by atoms with Crippen LogP contribution in [0.25, 0.3) is 0 Å². The maximum Gasteiger partial charge on any atom is 3.00 e. The fraction of sp³-hybridized carbons (Fsp3) is 0. The molecule has 0 aromatic rings. The summed E-state index contributed by atoms with van der Waals surface area (Å²) in [6.45, 7) is 0. The van der Waals surface area contributed by atoms with Crippen molar-refractivity contribution >= 4 is 26.0 Å². The molecule has 0 rings (SSSR count). The molecule has 0 heterocycles. The van der Waals surface area contributed by atoms with E-state index in [0.717, 1.165) is 0 Å². The predicted octanol–water partition coefficient (Wildman–Crippen LogP) is -6.39. The molecule has 0 saturated heterocycles. The van der Waals surface area contributed by atoms with E-state index < -0.39 is 8.60 Å². The molecule has 0 aliphatic heterocycles. The Morgan fingerprint density at radius 2 is 0.667 bits per heavy atom. The summed E-state index contributed by atoms with van der Waals surface area (Å²) in [5.41, 5.74) is 0. The molecule has 58 valence electrons. The van der Waals surface area contributed by atoms with E-state index in [2.05, 4.69) is 0 Å². The van der Waals surface area contributed by atoms with Crippen molar-refractivity contribution < 1.29 is 36.6 Å². The third kappa shape index (κ3) is 832. The minimum atomic E-state index is -3.37. The summed E-state index contributed by atoms with van der Waals surface area (Å²) in [4.78, 5) is 25.4. The van der Waals surface area contributed by atoms with Crippen molar-refractivity contribution in [3.63, 3.8) is 0 Å². The summed E-state index contributed by atoms with van der Waals surface area (Å²) in [7, 11) is -3.37. The predicted molar refractivity (Wildman–Crippen MR) is 27.1 cm³/mol. The van der Waals surface area contributed by atoms with Crippen LogP contribution >= 0.6 is 8.60 Å². The van der Waals surface area contributed by atoms with Crippen molar-refractivity contribution in [2.45, 2.75) is 0 Å². The molecule has 0 atom stereocenters. The summed E-state index contributed by atoms with van der Waals surface area (Å²) < 4.78 is 0. The zero-order valence-corrected chi connectivity index (χ0v) is 6.30. The minimum absolute atomic E-state index is 0. The largest absolute Gasteiger partial charge is 3.00 e. The molecule has 0 aliphatic rings. The van der Waals surface area contributed by atoms with Gasteiger partial charge in [-0.1, -0.05) is 0 Å². The van der Waals surface area contributed by atoms with E-state index in [1.165, 1.54) is 0 Å². The average Bonchev–Trinajstić information content (AvgIpc) is 0.811. The molecule has 0 aliphatic carbocycles. The second-order valence-electron chi connectivity index (χ2n) is 0.224. The van der Waals surface area contributed by atoms with Crippen LogP contribution in [0.5, 0.6) is 0 Å². The van der Waals surface area contributed by atoms with Gasteiger partial charge in [0.2, 0.25) is 0 Å². The van der Waals surface area contributed by atoms with Gasteiger partial charge in [0.1, 0.15) is 0 Å². The Morgan fingerprint density at radius 3 is 0.667 bits per heavy atom. The fourth-order valence-electron chi connectivity index (χ4n) is 0. The SMILES string of the molecule is O.O.O.O.[Al+3].[O-]P([O-])[O-]. The summed E-state index contributed by atoms with van der Waals surface area (Å²) in [6.07, 6.45) is 0. The van der Waals surface area contributed by atoms with Gasteiger partial charge in [-0.2, -0.15) is 0 Å². The van der Waals surface area contributed by atoms with Gasteiger partial charge in [0, 0.05) is 0 Å². The Morgan fingerprint density at radius 1 is 0.667 bits per heavy atom. The average molecular weight is 178 g/mol. The first-order valence-corrected chi connectivity index (χ1v) is 1.64. The molecule has 0 aromatic carbocycles. The molecule has 8 N–H and O–H groups in total. The Balaban J connectivity index is -0.00000000450. The number of hydrogen-bond acceptors (Lipinski definition) is 3. The first-order valence-electron chi connectivity index (χ1n) is 0.548. The first-order chi connectivity index (χ1) is 1.73.